The Morgan fingerprint density at radius 2 is 1.95 bits per heavy atom. The van der Waals surface area contributed by atoms with Crippen molar-refractivity contribution in [1.29, 1.82) is 0 Å². The Bertz CT molecular complexity index is 486. The second-order valence-corrected chi connectivity index (χ2v) is 5.93. The molecule has 1 N–H and O–H groups in total. The Balaban J connectivity index is 1.92. The summed E-state index contributed by atoms with van der Waals surface area (Å²) in [6, 6.07) is 6.11. The van der Waals surface area contributed by atoms with E-state index in [4.69, 9.17) is 9.84 Å². The third-order valence-electron chi connectivity index (χ3n) is 3.02. The van der Waals surface area contributed by atoms with E-state index in [0.29, 0.717) is 17.1 Å². The Labute approximate surface area is 116 Å². The van der Waals surface area contributed by atoms with Gasteiger partial charge in [-0.25, -0.2) is 9.59 Å². The van der Waals surface area contributed by atoms with Gasteiger partial charge in [-0.05, 0) is 18.6 Å². The van der Waals surface area contributed by atoms with E-state index in [1.54, 1.807) is 12.1 Å². The molecule has 1 aliphatic rings. The number of carbonyl (C=O) groups is 2. The van der Waals surface area contributed by atoms with Gasteiger partial charge in [-0.15, -0.1) is 11.8 Å². The minimum Gasteiger partial charge on any atom is -0.478 e. The fourth-order valence-electron chi connectivity index (χ4n) is 1.95. The molecule has 0 aliphatic carbocycles. The number of aromatic carboxylic acids is 1. The number of esters is 1. The summed E-state index contributed by atoms with van der Waals surface area (Å²) in [5.74, 6) is -1.67. The molecule has 19 heavy (non-hydrogen) atoms. The molecule has 0 saturated carbocycles. The van der Waals surface area contributed by atoms with Crippen LogP contribution >= 0.6 is 11.8 Å². The quantitative estimate of drug-likeness (QED) is 0.641. The molecule has 0 unspecified atom stereocenters. The van der Waals surface area contributed by atoms with Gasteiger partial charge in [-0.2, -0.15) is 0 Å². The van der Waals surface area contributed by atoms with Gasteiger partial charge in [0.25, 0.3) is 0 Å². The van der Waals surface area contributed by atoms with Gasteiger partial charge in [0.2, 0.25) is 0 Å². The molecule has 2 rings (SSSR count). The minimum atomic E-state index is -1.11. The number of hydrogen-bond acceptors (Lipinski definition) is 4. The molecule has 5 heteroatoms. The van der Waals surface area contributed by atoms with Crippen LogP contribution in [0.3, 0.4) is 0 Å². The first-order valence-electron chi connectivity index (χ1n) is 6.28. The van der Waals surface area contributed by atoms with Crippen LogP contribution in [-0.2, 0) is 4.74 Å². The molecule has 1 heterocycles. The van der Waals surface area contributed by atoms with Gasteiger partial charge in [-0.1, -0.05) is 25.5 Å². The Morgan fingerprint density at radius 3 is 2.58 bits per heavy atom. The largest absolute Gasteiger partial charge is 0.478 e. The lowest BCUT2D eigenvalue weighted by atomic mass is 10.1. The van der Waals surface area contributed by atoms with Crippen molar-refractivity contribution in [2.24, 2.45) is 0 Å². The number of hydrogen-bond donors (Lipinski definition) is 1. The van der Waals surface area contributed by atoms with E-state index < -0.39 is 11.9 Å². The lowest BCUT2D eigenvalue weighted by molar-refractivity contribution is 0.0502. The van der Waals surface area contributed by atoms with E-state index in [9.17, 15) is 9.59 Å². The maximum atomic E-state index is 11.9. The average molecular weight is 280 g/mol. The highest BCUT2D eigenvalue weighted by molar-refractivity contribution is 8.07. The molecule has 4 nitrogen and oxygen atoms in total. The van der Waals surface area contributed by atoms with Crippen LogP contribution in [0.25, 0.3) is 0 Å². The highest BCUT2D eigenvalue weighted by atomic mass is 32.2. The van der Waals surface area contributed by atoms with Crippen LogP contribution in [0.5, 0.6) is 0 Å². The van der Waals surface area contributed by atoms with E-state index >= 15 is 0 Å². The third kappa shape index (κ3) is 3.50. The van der Waals surface area contributed by atoms with Crippen molar-refractivity contribution in [1.82, 2.24) is 0 Å². The first kappa shape index (κ1) is 13.9. The summed E-state index contributed by atoms with van der Waals surface area (Å²) in [6.07, 6.45) is 2.27. The molecular formula is C14H16O4S. The van der Waals surface area contributed by atoms with Gasteiger partial charge in [0.1, 0.15) is 6.61 Å². The standard InChI is InChI=1S/C14H16O4S/c1-2-5-11-12(19-11)8-18-14(17)10-7-4-3-6-9(10)13(15)16/h3-4,6-7,11-12H,2,5,8H2,1H3,(H,15,16)/t11-,12+/m0/s1. The first-order valence-corrected chi connectivity index (χ1v) is 7.22. The van der Waals surface area contributed by atoms with Crippen LogP contribution in [-0.4, -0.2) is 34.2 Å². The molecule has 1 fully saturated rings. The topological polar surface area (TPSA) is 63.6 Å². The van der Waals surface area contributed by atoms with Crippen molar-refractivity contribution in [3.05, 3.63) is 35.4 Å². The van der Waals surface area contributed by atoms with Gasteiger partial charge in [0.05, 0.1) is 16.4 Å². The second kappa shape index (κ2) is 6.10. The molecule has 0 bridgehead atoms. The normalized spacial score (nSPS) is 20.9. The molecule has 1 aromatic rings. The van der Waals surface area contributed by atoms with Crippen molar-refractivity contribution in [3.63, 3.8) is 0 Å². The molecule has 1 saturated heterocycles. The summed E-state index contributed by atoms with van der Waals surface area (Å²) in [6.45, 7) is 2.49. The van der Waals surface area contributed by atoms with Crippen LogP contribution in [0.2, 0.25) is 0 Å². The number of carbonyl (C=O) groups excluding carboxylic acids is 1. The SMILES string of the molecule is CCC[C@@H]1S[C@@H]1COC(=O)c1ccccc1C(=O)O. The van der Waals surface area contributed by atoms with Crippen molar-refractivity contribution in [3.8, 4) is 0 Å². The van der Waals surface area contributed by atoms with Crippen LogP contribution in [0.4, 0.5) is 0 Å². The molecule has 102 valence electrons. The summed E-state index contributed by atoms with van der Waals surface area (Å²) < 4.78 is 5.20. The smallest absolute Gasteiger partial charge is 0.339 e. The maximum Gasteiger partial charge on any atom is 0.339 e. The van der Waals surface area contributed by atoms with Crippen LogP contribution in [0, 0.1) is 0 Å². The fraction of sp³-hybridized carbons (Fsp3) is 0.429. The number of benzene rings is 1. The number of thioether (sulfide) groups is 1. The highest BCUT2D eigenvalue weighted by Crippen LogP contribution is 2.44. The highest BCUT2D eigenvalue weighted by Gasteiger charge is 2.38. The van der Waals surface area contributed by atoms with E-state index in [1.165, 1.54) is 12.1 Å². The summed E-state index contributed by atoms with van der Waals surface area (Å²) in [7, 11) is 0. The lowest BCUT2D eigenvalue weighted by Gasteiger charge is -2.06. The van der Waals surface area contributed by atoms with Gasteiger partial charge < -0.3 is 9.84 Å². The van der Waals surface area contributed by atoms with Crippen molar-refractivity contribution in [2.45, 2.75) is 30.3 Å². The molecule has 0 spiro atoms. The monoisotopic (exact) mass is 280 g/mol. The Morgan fingerprint density at radius 1 is 1.26 bits per heavy atom. The van der Waals surface area contributed by atoms with E-state index in [1.807, 2.05) is 11.8 Å². The van der Waals surface area contributed by atoms with E-state index in [-0.39, 0.29) is 11.1 Å². The number of carboxylic acid groups (broad SMARTS) is 1. The van der Waals surface area contributed by atoms with Gasteiger partial charge in [0, 0.05) is 5.25 Å². The van der Waals surface area contributed by atoms with E-state index in [0.717, 1.165) is 12.8 Å². The molecule has 0 aromatic heterocycles. The summed E-state index contributed by atoms with van der Waals surface area (Å²) in [5.41, 5.74) is 0.105. The maximum absolute atomic E-state index is 11.9. The van der Waals surface area contributed by atoms with Crippen molar-refractivity contribution >= 4 is 23.7 Å². The molecule has 0 radical (unpaired) electrons. The lowest BCUT2D eigenvalue weighted by Crippen LogP contribution is -2.15. The molecular weight excluding hydrogens is 264 g/mol. The van der Waals surface area contributed by atoms with Crippen LogP contribution in [0.15, 0.2) is 24.3 Å². The average Bonchev–Trinajstić information content (AvgIpc) is 3.15. The molecule has 2 atom stereocenters. The van der Waals surface area contributed by atoms with Gasteiger partial charge in [-0.3, -0.25) is 0 Å². The molecule has 1 aromatic carbocycles. The third-order valence-corrected chi connectivity index (χ3v) is 4.43. The van der Waals surface area contributed by atoms with Crippen LogP contribution in [0.1, 0.15) is 40.5 Å². The predicted molar refractivity (Wildman–Crippen MR) is 73.8 cm³/mol. The zero-order valence-corrected chi connectivity index (χ0v) is 11.5. The molecule has 1 aliphatic heterocycles. The number of carboxylic acids is 1. The minimum absolute atomic E-state index is 0.0129. The van der Waals surface area contributed by atoms with E-state index in [2.05, 4.69) is 6.92 Å². The fourth-order valence-corrected chi connectivity index (χ4v) is 3.04. The Hall–Kier alpha value is -1.49. The molecule has 0 amide bonds. The number of rotatable bonds is 6. The summed E-state index contributed by atoms with van der Waals surface area (Å²) in [4.78, 5) is 22.9. The second-order valence-electron chi connectivity index (χ2n) is 4.45. The predicted octanol–water partition coefficient (Wildman–Crippen LogP) is 2.83. The zero-order chi connectivity index (χ0) is 13.8. The van der Waals surface area contributed by atoms with Gasteiger partial charge in [0.15, 0.2) is 0 Å². The number of ether oxygens (including phenoxy) is 1. The van der Waals surface area contributed by atoms with Gasteiger partial charge >= 0.3 is 11.9 Å². The summed E-state index contributed by atoms with van der Waals surface area (Å²) >= 11 is 1.82. The van der Waals surface area contributed by atoms with Crippen LogP contribution < -0.4 is 0 Å². The zero-order valence-electron chi connectivity index (χ0n) is 10.7. The first-order chi connectivity index (χ1) is 9.13. The summed E-state index contributed by atoms with van der Waals surface area (Å²) in [5, 5.41) is 9.97. The van der Waals surface area contributed by atoms with Crippen molar-refractivity contribution < 1.29 is 19.4 Å². The Kier molecular flexibility index (Phi) is 4.47. The van der Waals surface area contributed by atoms with Crippen molar-refractivity contribution in [2.75, 3.05) is 6.61 Å².